The minimum Gasteiger partial charge on any atom is -0.449 e. The third kappa shape index (κ3) is 6.39. The maximum Gasteiger partial charge on any atom is 0.341 e. The first-order valence-electron chi connectivity index (χ1n) is 11.4. The van der Waals surface area contributed by atoms with Gasteiger partial charge in [-0.15, -0.1) is 11.3 Å². The normalized spacial score (nSPS) is 15.4. The van der Waals surface area contributed by atoms with Crippen LogP contribution in [0.3, 0.4) is 0 Å². The van der Waals surface area contributed by atoms with Crippen molar-refractivity contribution in [3.63, 3.8) is 0 Å². The number of carbonyl (C=O) groups is 2. The Kier molecular flexibility index (Phi) is 8.47. The zero-order chi connectivity index (χ0) is 27.3. The van der Waals surface area contributed by atoms with E-state index in [1.165, 1.54) is 59.8 Å². The van der Waals surface area contributed by atoms with Gasteiger partial charge in [0.2, 0.25) is 10.0 Å². The summed E-state index contributed by atoms with van der Waals surface area (Å²) in [6.45, 7) is 2.55. The van der Waals surface area contributed by atoms with E-state index in [1.807, 2.05) is 0 Å². The zero-order valence-electron chi connectivity index (χ0n) is 20.2. The molecule has 1 saturated heterocycles. The van der Waals surface area contributed by atoms with Gasteiger partial charge in [-0.2, -0.15) is 4.31 Å². The number of amides is 1. The molecule has 1 aromatic heterocycles. The van der Waals surface area contributed by atoms with E-state index < -0.39 is 38.0 Å². The van der Waals surface area contributed by atoms with E-state index in [2.05, 4.69) is 10.0 Å². The third-order valence-electron chi connectivity index (χ3n) is 5.53. The molecule has 1 atom stereocenters. The van der Waals surface area contributed by atoms with Gasteiger partial charge in [0.1, 0.15) is 4.21 Å². The lowest BCUT2D eigenvalue weighted by Gasteiger charge is -2.26. The van der Waals surface area contributed by atoms with Crippen LogP contribution in [0.4, 0.5) is 11.4 Å². The van der Waals surface area contributed by atoms with Gasteiger partial charge in [-0.1, -0.05) is 18.2 Å². The number of morpholine rings is 1. The quantitative estimate of drug-likeness (QED) is 0.368. The number of thiophene rings is 1. The molecule has 2 N–H and O–H groups in total. The SMILES string of the molecule is CC(OC(=O)c1ccccc1NS(=O)(=O)c1cccs1)C(=O)Nc1ccc(S(=O)(=O)N2CCOCC2)cc1. The molecule has 14 heteroatoms. The number of esters is 1. The van der Waals surface area contributed by atoms with Gasteiger partial charge in [-0.05, 0) is 54.8 Å². The number of anilines is 2. The molecule has 0 aliphatic carbocycles. The Morgan fingerprint density at radius 3 is 2.32 bits per heavy atom. The number of hydrogen-bond acceptors (Lipinski definition) is 9. The highest BCUT2D eigenvalue weighted by Crippen LogP contribution is 2.24. The highest BCUT2D eigenvalue weighted by atomic mass is 32.2. The van der Waals surface area contributed by atoms with Gasteiger partial charge in [0.25, 0.3) is 15.9 Å². The molecule has 2 heterocycles. The van der Waals surface area contributed by atoms with Crippen molar-refractivity contribution in [1.82, 2.24) is 4.31 Å². The fourth-order valence-electron chi connectivity index (χ4n) is 3.53. The first kappa shape index (κ1) is 27.7. The number of carbonyl (C=O) groups excluding carboxylic acids is 2. The number of nitrogens with zero attached hydrogens (tertiary/aromatic N) is 1. The van der Waals surface area contributed by atoms with E-state index in [4.69, 9.17) is 9.47 Å². The fourth-order valence-corrected chi connectivity index (χ4v) is 7.01. The molecule has 1 unspecified atom stereocenters. The standard InChI is InChI=1S/C24H25N3O8S3/c1-17(23(28)25-18-8-10-19(11-9-18)38(32,33)27-12-14-34-15-13-27)35-24(29)20-5-2-3-6-21(20)26-37(30,31)22-7-4-16-36-22/h2-11,16-17,26H,12-15H2,1H3,(H,25,28). The van der Waals surface area contributed by atoms with Gasteiger partial charge < -0.3 is 14.8 Å². The van der Waals surface area contributed by atoms with E-state index >= 15 is 0 Å². The van der Waals surface area contributed by atoms with Crippen molar-refractivity contribution in [2.75, 3.05) is 36.3 Å². The molecule has 0 saturated carbocycles. The molecule has 0 radical (unpaired) electrons. The van der Waals surface area contributed by atoms with E-state index in [0.29, 0.717) is 18.9 Å². The average molecular weight is 580 g/mol. The summed E-state index contributed by atoms with van der Waals surface area (Å²) in [6, 6.07) is 14.6. The van der Waals surface area contributed by atoms with E-state index in [1.54, 1.807) is 17.5 Å². The average Bonchev–Trinajstić information content (AvgIpc) is 3.46. The van der Waals surface area contributed by atoms with Crippen LogP contribution in [-0.4, -0.2) is 65.4 Å². The summed E-state index contributed by atoms with van der Waals surface area (Å²) in [5, 5.41) is 4.19. The van der Waals surface area contributed by atoms with Crippen LogP contribution < -0.4 is 10.0 Å². The van der Waals surface area contributed by atoms with Crippen molar-refractivity contribution in [1.29, 1.82) is 0 Å². The van der Waals surface area contributed by atoms with Crippen molar-refractivity contribution in [2.45, 2.75) is 22.1 Å². The molecule has 1 aliphatic heterocycles. The summed E-state index contributed by atoms with van der Waals surface area (Å²) in [5.41, 5.74) is 0.253. The molecule has 11 nitrogen and oxygen atoms in total. The van der Waals surface area contributed by atoms with Crippen molar-refractivity contribution in [2.24, 2.45) is 0 Å². The van der Waals surface area contributed by atoms with Crippen LogP contribution in [0.1, 0.15) is 17.3 Å². The van der Waals surface area contributed by atoms with Gasteiger partial charge in [0.15, 0.2) is 6.10 Å². The van der Waals surface area contributed by atoms with Gasteiger partial charge in [-0.3, -0.25) is 9.52 Å². The molecule has 202 valence electrons. The molecule has 0 bridgehead atoms. The molecule has 1 amide bonds. The Morgan fingerprint density at radius 1 is 0.974 bits per heavy atom. The van der Waals surface area contributed by atoms with Crippen LogP contribution in [0.5, 0.6) is 0 Å². The zero-order valence-corrected chi connectivity index (χ0v) is 22.6. The molecular formula is C24H25N3O8S3. The molecule has 4 rings (SSSR count). The molecular weight excluding hydrogens is 554 g/mol. The smallest absolute Gasteiger partial charge is 0.341 e. The fraction of sp³-hybridized carbons (Fsp3) is 0.250. The molecule has 2 aromatic carbocycles. The lowest BCUT2D eigenvalue weighted by Crippen LogP contribution is -2.40. The number of rotatable bonds is 9. The topological polar surface area (TPSA) is 148 Å². The second kappa shape index (κ2) is 11.6. The van der Waals surface area contributed by atoms with Crippen LogP contribution >= 0.6 is 11.3 Å². The first-order chi connectivity index (χ1) is 18.1. The minimum absolute atomic E-state index is 0.00979. The number of ether oxygens (including phenoxy) is 2. The van der Waals surface area contributed by atoms with Crippen molar-refractivity contribution >= 4 is 54.6 Å². The Labute approximate surface area is 224 Å². The van der Waals surface area contributed by atoms with Gasteiger partial charge in [0, 0.05) is 18.8 Å². The van der Waals surface area contributed by atoms with Crippen LogP contribution in [-0.2, 0) is 34.3 Å². The number of hydrogen-bond donors (Lipinski definition) is 2. The summed E-state index contributed by atoms with van der Waals surface area (Å²) in [7, 11) is -7.58. The van der Waals surface area contributed by atoms with Crippen molar-refractivity contribution in [3.05, 3.63) is 71.6 Å². The largest absolute Gasteiger partial charge is 0.449 e. The molecule has 3 aromatic rings. The van der Waals surface area contributed by atoms with Crippen LogP contribution in [0.15, 0.2) is 75.1 Å². The number of benzene rings is 2. The van der Waals surface area contributed by atoms with Crippen LogP contribution in [0.2, 0.25) is 0 Å². The maximum atomic E-state index is 12.8. The molecule has 0 spiro atoms. The molecule has 1 aliphatic rings. The van der Waals surface area contributed by atoms with Crippen molar-refractivity contribution in [3.8, 4) is 0 Å². The lowest BCUT2D eigenvalue weighted by atomic mass is 10.2. The highest BCUT2D eigenvalue weighted by molar-refractivity contribution is 7.94. The second-order valence-corrected chi connectivity index (χ2v) is 13.0. The van der Waals surface area contributed by atoms with Gasteiger partial charge >= 0.3 is 5.97 Å². The Balaban J connectivity index is 1.39. The predicted octanol–water partition coefficient (Wildman–Crippen LogP) is 2.75. The van der Waals surface area contributed by atoms with Crippen LogP contribution in [0, 0.1) is 0 Å². The first-order valence-corrected chi connectivity index (χ1v) is 15.2. The monoisotopic (exact) mass is 579 g/mol. The summed E-state index contributed by atoms with van der Waals surface area (Å²) < 4.78 is 64.9. The van der Waals surface area contributed by atoms with Crippen molar-refractivity contribution < 1.29 is 35.9 Å². The highest BCUT2D eigenvalue weighted by Gasteiger charge is 2.27. The van der Waals surface area contributed by atoms with E-state index in [-0.39, 0.29) is 33.4 Å². The predicted molar refractivity (Wildman–Crippen MR) is 141 cm³/mol. The van der Waals surface area contributed by atoms with E-state index in [0.717, 1.165) is 11.3 Å². The Hall–Kier alpha value is -3.30. The Morgan fingerprint density at radius 2 is 1.66 bits per heavy atom. The second-order valence-electron chi connectivity index (χ2n) is 8.16. The number of sulfonamides is 2. The van der Waals surface area contributed by atoms with Gasteiger partial charge in [0.05, 0.1) is 29.4 Å². The lowest BCUT2D eigenvalue weighted by molar-refractivity contribution is -0.123. The number of para-hydroxylation sites is 1. The summed E-state index contributed by atoms with van der Waals surface area (Å²) >= 11 is 1.03. The van der Waals surface area contributed by atoms with E-state index in [9.17, 15) is 26.4 Å². The van der Waals surface area contributed by atoms with Crippen LogP contribution in [0.25, 0.3) is 0 Å². The third-order valence-corrected chi connectivity index (χ3v) is 10.2. The summed E-state index contributed by atoms with van der Waals surface area (Å²) in [6.07, 6.45) is -1.23. The maximum absolute atomic E-state index is 12.8. The molecule has 38 heavy (non-hydrogen) atoms. The number of nitrogens with one attached hydrogen (secondary N) is 2. The molecule has 1 fully saturated rings. The summed E-state index contributed by atoms with van der Waals surface area (Å²) in [4.78, 5) is 25.5. The van der Waals surface area contributed by atoms with Gasteiger partial charge in [-0.25, -0.2) is 21.6 Å². The minimum atomic E-state index is -3.90. The summed E-state index contributed by atoms with van der Waals surface area (Å²) in [5.74, 6) is -1.55. The Bertz CT molecular complexity index is 1500.